The van der Waals surface area contributed by atoms with Crippen LogP contribution in [0.5, 0.6) is 0 Å². The number of hydrogen-bond donors (Lipinski definition) is 1. The maximum atomic E-state index is 3.68. The summed E-state index contributed by atoms with van der Waals surface area (Å²) in [6.45, 7) is 0. The van der Waals surface area contributed by atoms with Crippen molar-refractivity contribution in [2.75, 3.05) is 0 Å². The van der Waals surface area contributed by atoms with Crippen LogP contribution in [0.4, 0.5) is 0 Å². The summed E-state index contributed by atoms with van der Waals surface area (Å²) < 4.78 is 0. The van der Waals surface area contributed by atoms with E-state index >= 15 is 0 Å². The van der Waals surface area contributed by atoms with Crippen LogP contribution in [0.3, 0.4) is 0 Å². The van der Waals surface area contributed by atoms with E-state index in [0.29, 0.717) is 0 Å². The Balaban J connectivity index is 1.90. The first-order valence-corrected chi connectivity index (χ1v) is 4.19. The maximum Gasteiger partial charge on any atom is 0.0101 e. The van der Waals surface area contributed by atoms with Gasteiger partial charge in [-0.25, -0.2) is 0 Å². The lowest BCUT2D eigenvalue weighted by Gasteiger charge is -2.19. The Morgan fingerprint density at radius 2 is 2.11 bits per heavy atom. The highest BCUT2D eigenvalue weighted by Crippen LogP contribution is 2.51. The van der Waals surface area contributed by atoms with Gasteiger partial charge in [0.15, 0.2) is 0 Å². The smallest absolute Gasteiger partial charge is 0.0101 e. The molecule has 0 spiro atoms. The Bertz CT molecular complexity index is 142. The van der Waals surface area contributed by atoms with Crippen LogP contribution in [-0.4, -0.2) is 12.1 Å². The number of piperidine rings is 1. The summed E-state index contributed by atoms with van der Waals surface area (Å²) in [7, 11) is 0. The molecule has 3 rings (SSSR count). The van der Waals surface area contributed by atoms with Crippen LogP contribution in [0.1, 0.15) is 25.7 Å². The minimum atomic E-state index is 0.929. The quantitative estimate of drug-likeness (QED) is 0.509. The average molecular weight is 123 g/mol. The van der Waals surface area contributed by atoms with Crippen molar-refractivity contribution in [3.8, 4) is 0 Å². The highest BCUT2D eigenvalue weighted by atomic mass is 15.0. The molecular weight excluding hydrogens is 110 g/mol. The van der Waals surface area contributed by atoms with Crippen molar-refractivity contribution in [3.05, 3.63) is 0 Å². The van der Waals surface area contributed by atoms with Crippen molar-refractivity contribution in [3.63, 3.8) is 0 Å². The van der Waals surface area contributed by atoms with E-state index in [9.17, 15) is 0 Å². The fraction of sp³-hybridized carbons (Fsp3) is 1.00. The van der Waals surface area contributed by atoms with Crippen molar-refractivity contribution in [2.24, 2.45) is 11.8 Å². The Hall–Kier alpha value is -0.0400. The van der Waals surface area contributed by atoms with Crippen LogP contribution in [-0.2, 0) is 0 Å². The standard InChI is InChI=1S/C8H13N/c1-2-8-7-4-5(7)3-6(1)9-8/h5-9H,1-4H2. The van der Waals surface area contributed by atoms with Crippen molar-refractivity contribution >= 4 is 0 Å². The SMILES string of the molecule is C1CC2NC1CC1CC12. The molecule has 3 aliphatic rings. The highest BCUT2D eigenvalue weighted by molar-refractivity contribution is 5.05. The Kier molecular flexibility index (Phi) is 0.704. The first kappa shape index (κ1) is 4.73. The van der Waals surface area contributed by atoms with Crippen molar-refractivity contribution in [1.29, 1.82) is 0 Å². The molecule has 1 saturated carbocycles. The molecule has 1 heteroatoms. The zero-order valence-corrected chi connectivity index (χ0v) is 5.64. The van der Waals surface area contributed by atoms with Crippen molar-refractivity contribution in [1.82, 2.24) is 5.32 Å². The summed E-state index contributed by atoms with van der Waals surface area (Å²) in [6, 6.07) is 1.88. The van der Waals surface area contributed by atoms with Crippen molar-refractivity contribution < 1.29 is 0 Å². The molecule has 0 aromatic carbocycles. The largest absolute Gasteiger partial charge is 0.311 e. The number of hydrogen-bond acceptors (Lipinski definition) is 1. The highest BCUT2D eigenvalue weighted by Gasteiger charge is 2.50. The van der Waals surface area contributed by atoms with Gasteiger partial charge in [0.2, 0.25) is 0 Å². The molecule has 2 bridgehead atoms. The third-order valence-corrected chi connectivity index (χ3v) is 3.36. The molecule has 1 aliphatic carbocycles. The average Bonchev–Trinajstić information content (AvgIpc) is 2.50. The van der Waals surface area contributed by atoms with E-state index in [0.717, 1.165) is 23.9 Å². The van der Waals surface area contributed by atoms with Crippen LogP contribution < -0.4 is 5.32 Å². The Labute approximate surface area is 55.8 Å². The first-order valence-electron chi connectivity index (χ1n) is 4.19. The second-order valence-electron chi connectivity index (χ2n) is 3.94. The molecule has 2 heterocycles. The van der Waals surface area contributed by atoms with E-state index in [2.05, 4.69) is 5.32 Å². The fourth-order valence-corrected chi connectivity index (χ4v) is 2.77. The second-order valence-corrected chi connectivity index (χ2v) is 3.94. The third-order valence-electron chi connectivity index (χ3n) is 3.36. The predicted molar refractivity (Wildman–Crippen MR) is 36.2 cm³/mol. The lowest BCUT2D eigenvalue weighted by atomic mass is 10.1. The van der Waals surface area contributed by atoms with Gasteiger partial charge in [-0.1, -0.05) is 0 Å². The molecular formula is C8H13N. The van der Waals surface area contributed by atoms with Gasteiger partial charge in [-0.15, -0.1) is 0 Å². The fourth-order valence-electron chi connectivity index (χ4n) is 2.77. The summed E-state index contributed by atoms with van der Waals surface area (Å²) >= 11 is 0. The van der Waals surface area contributed by atoms with Gasteiger partial charge in [0, 0.05) is 12.1 Å². The molecule has 2 aliphatic heterocycles. The summed E-state index contributed by atoms with van der Waals surface area (Å²) in [5, 5.41) is 3.68. The molecule has 0 aromatic heterocycles. The van der Waals surface area contributed by atoms with Gasteiger partial charge >= 0.3 is 0 Å². The van der Waals surface area contributed by atoms with Gasteiger partial charge in [-0.2, -0.15) is 0 Å². The number of fused-ring (bicyclic) bond motifs is 4. The summed E-state index contributed by atoms with van der Waals surface area (Å²) in [6.07, 6.45) is 6.00. The molecule has 2 saturated heterocycles. The van der Waals surface area contributed by atoms with Crippen LogP contribution in [0.15, 0.2) is 0 Å². The summed E-state index contributed by atoms with van der Waals surface area (Å²) in [5.74, 6) is 2.27. The molecule has 0 aromatic rings. The zero-order chi connectivity index (χ0) is 5.84. The molecule has 0 amide bonds. The van der Waals surface area contributed by atoms with E-state index in [4.69, 9.17) is 0 Å². The number of rotatable bonds is 0. The summed E-state index contributed by atoms with van der Waals surface area (Å²) in [5.41, 5.74) is 0. The van der Waals surface area contributed by atoms with E-state index in [1.165, 1.54) is 19.3 Å². The molecule has 1 N–H and O–H groups in total. The summed E-state index contributed by atoms with van der Waals surface area (Å²) in [4.78, 5) is 0. The number of nitrogens with one attached hydrogen (secondary N) is 1. The Morgan fingerprint density at radius 1 is 1.11 bits per heavy atom. The van der Waals surface area contributed by atoms with Gasteiger partial charge < -0.3 is 5.32 Å². The van der Waals surface area contributed by atoms with Crippen LogP contribution in [0, 0.1) is 11.8 Å². The lowest BCUT2D eigenvalue weighted by Crippen LogP contribution is -2.35. The molecule has 1 nitrogen and oxygen atoms in total. The third kappa shape index (κ3) is 0.536. The lowest BCUT2D eigenvalue weighted by molar-refractivity contribution is 0.387. The first-order chi connectivity index (χ1) is 4.43. The molecule has 4 unspecified atom stereocenters. The minimum absolute atomic E-state index is 0.929. The van der Waals surface area contributed by atoms with Crippen LogP contribution in [0.2, 0.25) is 0 Å². The topological polar surface area (TPSA) is 12.0 Å². The van der Waals surface area contributed by atoms with Crippen LogP contribution >= 0.6 is 0 Å². The monoisotopic (exact) mass is 123 g/mol. The predicted octanol–water partition coefficient (Wildman–Crippen LogP) is 1.15. The molecule has 3 fully saturated rings. The Morgan fingerprint density at radius 3 is 3.11 bits per heavy atom. The normalized spacial score (nSPS) is 61.3. The van der Waals surface area contributed by atoms with Gasteiger partial charge in [-0.05, 0) is 37.5 Å². The van der Waals surface area contributed by atoms with E-state index in [1.54, 1.807) is 6.42 Å². The van der Waals surface area contributed by atoms with Crippen molar-refractivity contribution in [2.45, 2.75) is 37.8 Å². The maximum absolute atomic E-state index is 3.68. The van der Waals surface area contributed by atoms with E-state index in [1.807, 2.05) is 0 Å². The molecule has 0 radical (unpaired) electrons. The second kappa shape index (κ2) is 1.34. The molecule has 4 atom stereocenters. The van der Waals surface area contributed by atoms with E-state index in [-0.39, 0.29) is 0 Å². The van der Waals surface area contributed by atoms with Gasteiger partial charge in [0.1, 0.15) is 0 Å². The van der Waals surface area contributed by atoms with Crippen LogP contribution in [0.25, 0.3) is 0 Å². The molecule has 9 heavy (non-hydrogen) atoms. The minimum Gasteiger partial charge on any atom is -0.311 e. The van der Waals surface area contributed by atoms with Gasteiger partial charge in [0.05, 0.1) is 0 Å². The molecule has 50 valence electrons. The van der Waals surface area contributed by atoms with Gasteiger partial charge in [0.25, 0.3) is 0 Å². The zero-order valence-electron chi connectivity index (χ0n) is 5.64. The van der Waals surface area contributed by atoms with Gasteiger partial charge in [-0.3, -0.25) is 0 Å². The van der Waals surface area contributed by atoms with E-state index < -0.39 is 0 Å².